The standard InChI is InChI=1S/C13H4BrF6N3O/c14-10-6(15)1-2-9(22-23-21)12(10)24-11-7(16)3-5(4-8(11)17)13(18,19)20/h1-4H. The maximum Gasteiger partial charge on any atom is 0.416 e. The molecule has 0 spiro atoms. The second-order valence-corrected chi connectivity index (χ2v) is 5.06. The number of halogens is 7. The Bertz CT molecular complexity index is 825. The van der Waals surface area contributed by atoms with Crippen LogP contribution in [0.4, 0.5) is 32.0 Å². The van der Waals surface area contributed by atoms with Gasteiger partial charge in [-0.3, -0.25) is 0 Å². The van der Waals surface area contributed by atoms with E-state index in [4.69, 9.17) is 10.3 Å². The molecule has 2 aromatic carbocycles. The fraction of sp³-hybridized carbons (Fsp3) is 0.0769. The predicted molar refractivity (Wildman–Crippen MR) is 74.3 cm³/mol. The Hall–Kier alpha value is -2.39. The Labute approximate surface area is 138 Å². The van der Waals surface area contributed by atoms with Crippen molar-refractivity contribution in [3.05, 3.63) is 62.2 Å². The van der Waals surface area contributed by atoms with Crippen LogP contribution >= 0.6 is 15.9 Å². The van der Waals surface area contributed by atoms with E-state index < -0.39 is 45.2 Å². The number of benzene rings is 2. The van der Waals surface area contributed by atoms with Gasteiger partial charge < -0.3 is 4.74 Å². The molecule has 0 heterocycles. The third-order valence-corrected chi connectivity index (χ3v) is 3.45. The van der Waals surface area contributed by atoms with Gasteiger partial charge in [0.2, 0.25) is 0 Å². The molecule has 0 saturated heterocycles. The molecule has 0 aliphatic rings. The first-order valence-electron chi connectivity index (χ1n) is 5.92. The Morgan fingerprint density at radius 1 is 1.00 bits per heavy atom. The van der Waals surface area contributed by atoms with E-state index in [0.29, 0.717) is 0 Å². The first-order valence-corrected chi connectivity index (χ1v) is 6.71. The molecule has 0 aliphatic heterocycles. The Balaban J connectivity index is 2.57. The van der Waals surface area contributed by atoms with Crippen molar-refractivity contribution in [1.29, 1.82) is 0 Å². The van der Waals surface area contributed by atoms with Gasteiger partial charge in [-0.05, 0) is 45.7 Å². The van der Waals surface area contributed by atoms with Gasteiger partial charge in [0.1, 0.15) is 5.82 Å². The Kier molecular flexibility index (Phi) is 4.95. The first kappa shape index (κ1) is 18.0. The van der Waals surface area contributed by atoms with Gasteiger partial charge in [0.15, 0.2) is 23.1 Å². The quantitative estimate of drug-likeness (QED) is 0.242. The zero-order chi connectivity index (χ0) is 18.1. The van der Waals surface area contributed by atoms with Crippen molar-refractivity contribution in [2.75, 3.05) is 0 Å². The molecule has 0 aliphatic carbocycles. The molecule has 0 amide bonds. The summed E-state index contributed by atoms with van der Waals surface area (Å²) in [6.45, 7) is 0. The molecular formula is C13H4BrF6N3O. The lowest BCUT2D eigenvalue weighted by Crippen LogP contribution is -2.07. The second-order valence-electron chi connectivity index (χ2n) is 4.27. The van der Waals surface area contributed by atoms with Gasteiger partial charge in [0.05, 0.1) is 15.7 Å². The highest BCUT2D eigenvalue weighted by atomic mass is 79.9. The minimum Gasteiger partial charge on any atom is -0.449 e. The van der Waals surface area contributed by atoms with Crippen LogP contribution in [0.2, 0.25) is 0 Å². The minimum atomic E-state index is -4.96. The van der Waals surface area contributed by atoms with Crippen LogP contribution in [0.3, 0.4) is 0 Å². The van der Waals surface area contributed by atoms with Crippen molar-refractivity contribution in [2.24, 2.45) is 5.11 Å². The molecule has 0 bridgehead atoms. The fourth-order valence-electron chi connectivity index (χ4n) is 1.67. The van der Waals surface area contributed by atoms with Crippen molar-refractivity contribution in [2.45, 2.75) is 6.18 Å². The maximum absolute atomic E-state index is 13.8. The molecular weight excluding hydrogens is 408 g/mol. The first-order chi connectivity index (χ1) is 11.1. The van der Waals surface area contributed by atoms with Crippen molar-refractivity contribution in [3.8, 4) is 11.5 Å². The molecule has 0 saturated carbocycles. The normalized spacial score (nSPS) is 11.1. The van der Waals surface area contributed by atoms with Crippen LogP contribution in [0.25, 0.3) is 10.4 Å². The van der Waals surface area contributed by atoms with Gasteiger partial charge in [-0.2, -0.15) is 13.2 Å². The highest BCUT2D eigenvalue weighted by Gasteiger charge is 2.33. The van der Waals surface area contributed by atoms with E-state index in [-0.39, 0.29) is 17.8 Å². The van der Waals surface area contributed by atoms with E-state index in [9.17, 15) is 26.3 Å². The molecule has 2 rings (SSSR count). The van der Waals surface area contributed by atoms with E-state index in [1.165, 1.54) is 0 Å². The minimum absolute atomic E-state index is 0.0266. The molecule has 0 aromatic heterocycles. The van der Waals surface area contributed by atoms with Crippen LogP contribution in [-0.4, -0.2) is 0 Å². The Morgan fingerprint density at radius 2 is 1.58 bits per heavy atom. The third kappa shape index (κ3) is 3.57. The molecule has 0 unspecified atom stereocenters. The number of hydrogen-bond acceptors (Lipinski definition) is 2. The number of hydrogen-bond donors (Lipinski definition) is 0. The van der Waals surface area contributed by atoms with E-state index in [0.717, 1.165) is 12.1 Å². The topological polar surface area (TPSA) is 58.0 Å². The Morgan fingerprint density at radius 3 is 2.08 bits per heavy atom. The van der Waals surface area contributed by atoms with Crippen LogP contribution in [-0.2, 0) is 6.18 Å². The third-order valence-electron chi connectivity index (χ3n) is 2.71. The molecule has 4 nitrogen and oxygen atoms in total. The summed E-state index contributed by atoms with van der Waals surface area (Å²) in [5.74, 6) is -6.03. The lowest BCUT2D eigenvalue weighted by atomic mass is 10.2. The van der Waals surface area contributed by atoms with Crippen molar-refractivity contribution in [3.63, 3.8) is 0 Å². The molecule has 0 radical (unpaired) electrons. The number of azide groups is 1. The summed E-state index contributed by atoms with van der Waals surface area (Å²) in [5, 5.41) is 3.15. The fourth-order valence-corrected chi connectivity index (χ4v) is 2.09. The van der Waals surface area contributed by atoms with Crippen LogP contribution in [0.5, 0.6) is 11.5 Å². The zero-order valence-electron chi connectivity index (χ0n) is 11.2. The molecule has 2 aromatic rings. The summed E-state index contributed by atoms with van der Waals surface area (Å²) in [4.78, 5) is 2.44. The van der Waals surface area contributed by atoms with Crippen LogP contribution in [0, 0.1) is 17.5 Å². The number of alkyl halides is 3. The summed E-state index contributed by atoms with van der Waals surface area (Å²) in [5.41, 5.74) is 6.54. The lowest BCUT2D eigenvalue weighted by molar-refractivity contribution is -0.138. The lowest BCUT2D eigenvalue weighted by Gasteiger charge is -2.14. The molecule has 0 N–H and O–H groups in total. The summed E-state index contributed by atoms with van der Waals surface area (Å²) >= 11 is 2.75. The van der Waals surface area contributed by atoms with Crippen LogP contribution < -0.4 is 4.74 Å². The van der Waals surface area contributed by atoms with E-state index in [1.807, 2.05) is 0 Å². The highest BCUT2D eigenvalue weighted by Crippen LogP contribution is 2.42. The maximum atomic E-state index is 13.8. The van der Waals surface area contributed by atoms with Crippen molar-refractivity contribution >= 4 is 21.6 Å². The number of nitrogens with zero attached hydrogens (tertiary/aromatic N) is 3. The van der Waals surface area contributed by atoms with Gasteiger partial charge in [-0.25, -0.2) is 13.2 Å². The van der Waals surface area contributed by atoms with Crippen molar-refractivity contribution < 1.29 is 31.1 Å². The van der Waals surface area contributed by atoms with E-state index in [2.05, 4.69) is 26.0 Å². The van der Waals surface area contributed by atoms with Gasteiger partial charge in [0, 0.05) is 4.91 Å². The second kappa shape index (κ2) is 6.62. The predicted octanol–water partition coefficient (Wildman–Crippen LogP) is 6.62. The molecule has 0 fully saturated rings. The molecule has 126 valence electrons. The number of ether oxygens (including phenoxy) is 1. The number of rotatable bonds is 3. The van der Waals surface area contributed by atoms with Crippen LogP contribution in [0.15, 0.2) is 33.9 Å². The smallest absolute Gasteiger partial charge is 0.416 e. The van der Waals surface area contributed by atoms with Gasteiger partial charge in [-0.15, -0.1) is 0 Å². The summed E-state index contributed by atoms with van der Waals surface area (Å²) < 4.78 is 83.0. The average Bonchev–Trinajstić information content (AvgIpc) is 2.48. The average molecular weight is 412 g/mol. The van der Waals surface area contributed by atoms with Gasteiger partial charge >= 0.3 is 6.18 Å². The summed E-state index contributed by atoms with van der Waals surface area (Å²) in [7, 11) is 0. The van der Waals surface area contributed by atoms with Crippen molar-refractivity contribution in [1.82, 2.24) is 0 Å². The molecule has 11 heteroatoms. The molecule has 24 heavy (non-hydrogen) atoms. The summed E-state index contributed by atoms with van der Waals surface area (Å²) in [6.07, 6.45) is -4.96. The SMILES string of the molecule is [N-]=[N+]=Nc1ccc(F)c(Br)c1Oc1c(F)cc(C(F)(F)F)cc1F. The van der Waals surface area contributed by atoms with Gasteiger partial charge in [0.25, 0.3) is 0 Å². The monoisotopic (exact) mass is 411 g/mol. The van der Waals surface area contributed by atoms with Gasteiger partial charge in [-0.1, -0.05) is 5.11 Å². The van der Waals surface area contributed by atoms with E-state index >= 15 is 0 Å². The van der Waals surface area contributed by atoms with Crippen LogP contribution in [0.1, 0.15) is 5.56 Å². The highest BCUT2D eigenvalue weighted by molar-refractivity contribution is 9.10. The molecule has 0 atom stereocenters. The summed E-state index contributed by atoms with van der Waals surface area (Å²) in [6, 6.07) is 1.91. The zero-order valence-corrected chi connectivity index (χ0v) is 12.8. The van der Waals surface area contributed by atoms with E-state index in [1.54, 1.807) is 0 Å². The largest absolute Gasteiger partial charge is 0.449 e.